The molecule has 2 heterocycles. The zero-order valence-corrected chi connectivity index (χ0v) is 20.7. The van der Waals surface area contributed by atoms with Crippen LogP contribution < -0.4 is 5.69 Å². The number of nitrogens with zero attached hydrogens (tertiary/aromatic N) is 4. The second-order valence-corrected chi connectivity index (χ2v) is 8.95. The number of carbonyl (C=O) groups is 1. The summed E-state index contributed by atoms with van der Waals surface area (Å²) < 4.78 is 9.85. The molecule has 0 saturated carbocycles. The zero-order valence-electron chi connectivity index (χ0n) is 20.7. The van der Waals surface area contributed by atoms with Crippen LogP contribution in [0.2, 0.25) is 0 Å². The highest BCUT2D eigenvalue weighted by Crippen LogP contribution is 2.34. The summed E-state index contributed by atoms with van der Waals surface area (Å²) >= 11 is 0. The third-order valence-electron chi connectivity index (χ3n) is 6.76. The van der Waals surface area contributed by atoms with Crippen molar-refractivity contribution in [1.29, 1.82) is 0 Å². The fourth-order valence-electron chi connectivity index (χ4n) is 4.88. The molecule has 8 heteroatoms. The highest BCUT2D eigenvalue weighted by Gasteiger charge is 2.27. The number of aromatic nitrogens is 4. The Hall–Kier alpha value is -4.59. The molecule has 0 bridgehead atoms. The van der Waals surface area contributed by atoms with E-state index in [1.54, 1.807) is 36.1 Å². The Labute approximate surface area is 214 Å². The molecule has 2 aromatic heterocycles. The van der Waals surface area contributed by atoms with Crippen LogP contribution in [0.15, 0.2) is 90.2 Å². The topological polar surface area (TPSA) is 91.3 Å². The van der Waals surface area contributed by atoms with Crippen LogP contribution in [-0.2, 0) is 17.8 Å². The normalized spacial score (nSPS) is 12.1. The highest BCUT2D eigenvalue weighted by molar-refractivity contribution is 5.89. The maximum absolute atomic E-state index is 13.8. The summed E-state index contributed by atoms with van der Waals surface area (Å²) in [6.07, 6.45) is 5.96. The van der Waals surface area contributed by atoms with Gasteiger partial charge in [0.25, 0.3) is 0 Å². The fourth-order valence-corrected chi connectivity index (χ4v) is 4.88. The molecular formula is C29H28N4O4. The Morgan fingerprint density at radius 1 is 1.03 bits per heavy atom. The molecule has 1 atom stereocenters. The number of aryl methyl sites for hydroxylation is 1. The molecule has 1 unspecified atom stereocenters. The van der Waals surface area contributed by atoms with Gasteiger partial charge in [0.15, 0.2) is 0 Å². The van der Waals surface area contributed by atoms with Crippen molar-refractivity contribution in [3.8, 4) is 5.88 Å². The van der Waals surface area contributed by atoms with Gasteiger partial charge in [-0.15, -0.1) is 0 Å². The third-order valence-corrected chi connectivity index (χ3v) is 6.76. The molecule has 0 aliphatic heterocycles. The van der Waals surface area contributed by atoms with Gasteiger partial charge in [-0.3, -0.25) is 9.13 Å². The second kappa shape index (κ2) is 10.2. The molecule has 188 valence electrons. The van der Waals surface area contributed by atoms with Crippen LogP contribution in [0, 0.1) is 6.92 Å². The number of rotatable bonds is 8. The highest BCUT2D eigenvalue weighted by atomic mass is 16.5. The van der Waals surface area contributed by atoms with Crippen molar-refractivity contribution in [3.05, 3.63) is 118 Å². The van der Waals surface area contributed by atoms with E-state index < -0.39 is 12.0 Å². The van der Waals surface area contributed by atoms with Gasteiger partial charge in [0.2, 0.25) is 5.88 Å². The number of ether oxygens (including phenoxy) is 1. The summed E-state index contributed by atoms with van der Waals surface area (Å²) in [7, 11) is 1.34. The minimum Gasteiger partial charge on any atom is -0.493 e. The number of hydrogen-bond acceptors (Lipinski definition) is 5. The molecule has 3 aromatic carbocycles. The maximum atomic E-state index is 13.8. The van der Waals surface area contributed by atoms with Crippen LogP contribution in [0.1, 0.15) is 39.6 Å². The monoisotopic (exact) mass is 496 g/mol. The molecule has 0 amide bonds. The van der Waals surface area contributed by atoms with Gasteiger partial charge in [0.05, 0.1) is 30.7 Å². The lowest BCUT2D eigenvalue weighted by molar-refractivity contribution is 0.0600. The predicted molar refractivity (Wildman–Crippen MR) is 141 cm³/mol. The van der Waals surface area contributed by atoms with E-state index in [-0.39, 0.29) is 11.6 Å². The van der Waals surface area contributed by atoms with Gasteiger partial charge in [0.1, 0.15) is 0 Å². The molecule has 0 aliphatic rings. The number of imidazole rings is 2. The van der Waals surface area contributed by atoms with Crippen molar-refractivity contribution < 1.29 is 14.6 Å². The molecule has 8 nitrogen and oxygen atoms in total. The summed E-state index contributed by atoms with van der Waals surface area (Å²) in [5.41, 5.74) is 2.33. The Morgan fingerprint density at radius 3 is 2.51 bits per heavy atom. The van der Waals surface area contributed by atoms with Gasteiger partial charge in [-0.25, -0.2) is 14.6 Å². The van der Waals surface area contributed by atoms with E-state index in [9.17, 15) is 14.7 Å². The molecular weight excluding hydrogens is 468 g/mol. The summed E-state index contributed by atoms with van der Waals surface area (Å²) in [6, 6.07) is 20.5. The van der Waals surface area contributed by atoms with Gasteiger partial charge in [0, 0.05) is 25.5 Å². The summed E-state index contributed by atoms with van der Waals surface area (Å²) in [5.74, 6) is -0.477. The Morgan fingerprint density at radius 2 is 1.78 bits per heavy atom. The van der Waals surface area contributed by atoms with E-state index in [4.69, 9.17) is 4.74 Å². The van der Waals surface area contributed by atoms with Crippen LogP contribution in [0.5, 0.6) is 5.88 Å². The number of esters is 1. The van der Waals surface area contributed by atoms with Crippen molar-refractivity contribution in [1.82, 2.24) is 18.7 Å². The zero-order chi connectivity index (χ0) is 25.9. The predicted octanol–water partition coefficient (Wildman–Crippen LogP) is 4.53. The lowest BCUT2D eigenvalue weighted by atomic mass is 9.92. The van der Waals surface area contributed by atoms with Crippen LogP contribution in [0.3, 0.4) is 0 Å². The number of methoxy groups -OCH3 is 1. The van der Waals surface area contributed by atoms with E-state index in [1.807, 2.05) is 65.4 Å². The molecule has 1 N–H and O–H groups in total. The summed E-state index contributed by atoms with van der Waals surface area (Å²) in [5, 5.41) is 13.1. The smallest absolute Gasteiger partial charge is 0.337 e. The Balaban J connectivity index is 1.63. The van der Waals surface area contributed by atoms with Crippen molar-refractivity contribution in [2.75, 3.05) is 7.11 Å². The van der Waals surface area contributed by atoms with E-state index >= 15 is 0 Å². The summed E-state index contributed by atoms with van der Waals surface area (Å²) in [6.45, 7) is 2.79. The van der Waals surface area contributed by atoms with Crippen LogP contribution >= 0.6 is 0 Å². The quantitative estimate of drug-likeness (QED) is 0.319. The first-order chi connectivity index (χ1) is 18.0. The largest absolute Gasteiger partial charge is 0.493 e. The molecule has 0 aliphatic carbocycles. The van der Waals surface area contributed by atoms with E-state index in [0.717, 1.165) is 21.9 Å². The Kier molecular flexibility index (Phi) is 6.64. The van der Waals surface area contributed by atoms with Crippen LogP contribution in [-0.4, -0.2) is 36.9 Å². The fraction of sp³-hybridized carbons (Fsp3) is 0.207. The maximum Gasteiger partial charge on any atom is 0.337 e. The average Bonchev–Trinajstić information content (AvgIpc) is 3.52. The van der Waals surface area contributed by atoms with Crippen LogP contribution in [0.25, 0.3) is 10.8 Å². The second-order valence-electron chi connectivity index (χ2n) is 8.95. The van der Waals surface area contributed by atoms with Gasteiger partial charge in [-0.05, 0) is 47.4 Å². The van der Waals surface area contributed by atoms with Gasteiger partial charge < -0.3 is 14.4 Å². The minimum atomic E-state index is -0.522. The molecule has 5 aromatic rings. The number of aromatic hydroxyl groups is 1. The number of carbonyl (C=O) groups excluding carboxylic acids is 1. The number of fused-ring (bicyclic) bond motifs is 1. The van der Waals surface area contributed by atoms with E-state index in [0.29, 0.717) is 30.8 Å². The first-order valence-corrected chi connectivity index (χ1v) is 12.1. The molecule has 37 heavy (non-hydrogen) atoms. The molecule has 0 spiro atoms. The van der Waals surface area contributed by atoms with Crippen LogP contribution in [0.4, 0.5) is 0 Å². The average molecular weight is 497 g/mol. The minimum absolute atomic E-state index is 0.0490. The molecule has 0 saturated heterocycles. The van der Waals surface area contributed by atoms with E-state index in [1.165, 1.54) is 11.7 Å². The van der Waals surface area contributed by atoms with Crippen molar-refractivity contribution in [3.63, 3.8) is 0 Å². The number of hydrogen-bond donors (Lipinski definition) is 1. The number of benzene rings is 3. The van der Waals surface area contributed by atoms with Gasteiger partial charge in [-0.1, -0.05) is 54.6 Å². The van der Waals surface area contributed by atoms with Gasteiger partial charge in [-0.2, -0.15) is 0 Å². The lowest BCUT2D eigenvalue weighted by Crippen LogP contribution is -2.30. The van der Waals surface area contributed by atoms with Crippen molar-refractivity contribution in [2.24, 2.45) is 0 Å². The third kappa shape index (κ3) is 4.53. The summed E-state index contributed by atoms with van der Waals surface area (Å²) in [4.78, 5) is 29.9. The SMILES string of the molecule is COC(=O)c1ccc(C(c2cccc3ccccc23)n2c(C)c(O)n(CCCn3ccnc3)c2=O)cc1. The molecule has 0 fully saturated rings. The first-order valence-electron chi connectivity index (χ1n) is 12.1. The van der Waals surface area contributed by atoms with E-state index in [2.05, 4.69) is 4.98 Å². The molecule has 5 rings (SSSR count). The van der Waals surface area contributed by atoms with Gasteiger partial charge >= 0.3 is 11.7 Å². The molecule has 0 radical (unpaired) electrons. The van der Waals surface area contributed by atoms with Crippen molar-refractivity contribution in [2.45, 2.75) is 32.5 Å². The first kappa shape index (κ1) is 24.1. The standard InChI is InChI=1S/C29H28N4O4/c1-20-27(34)32(17-6-16-31-18-15-30-19-31)29(36)33(20)26(22-11-13-23(14-12-22)28(35)37-2)25-10-5-8-21-7-3-4-9-24(21)25/h3-5,7-15,18-19,26,34H,6,16-17H2,1-2H3. The lowest BCUT2D eigenvalue weighted by Gasteiger charge is -2.22. The Bertz CT molecular complexity index is 1590. The van der Waals surface area contributed by atoms with Crippen molar-refractivity contribution >= 4 is 16.7 Å².